The van der Waals surface area contributed by atoms with Gasteiger partial charge in [-0.05, 0) is 43.7 Å². The molecule has 0 radical (unpaired) electrons. The van der Waals surface area contributed by atoms with Crippen LogP contribution in [0.1, 0.15) is 22.8 Å². The maximum Gasteiger partial charge on any atom is 0.254 e. The van der Waals surface area contributed by atoms with E-state index in [1.54, 1.807) is 33.5 Å². The molecule has 2 aromatic rings. The van der Waals surface area contributed by atoms with E-state index in [9.17, 15) is 4.79 Å². The first-order chi connectivity index (χ1) is 13.5. The van der Waals surface area contributed by atoms with Crippen LogP contribution in [0.25, 0.3) is 0 Å². The predicted molar refractivity (Wildman–Crippen MR) is 110 cm³/mol. The minimum absolute atomic E-state index is 0.0324. The third-order valence-electron chi connectivity index (χ3n) is 5.16. The molecule has 0 aromatic heterocycles. The third-order valence-corrected chi connectivity index (χ3v) is 5.16. The van der Waals surface area contributed by atoms with Crippen molar-refractivity contribution in [2.45, 2.75) is 19.9 Å². The van der Waals surface area contributed by atoms with Gasteiger partial charge in [-0.25, -0.2) is 0 Å². The number of aryl methyl sites for hydroxylation is 1. The van der Waals surface area contributed by atoms with Gasteiger partial charge in [0.05, 0.1) is 21.3 Å². The summed E-state index contributed by atoms with van der Waals surface area (Å²) in [5.74, 6) is 1.42. The second-order valence-corrected chi connectivity index (χ2v) is 7.05. The summed E-state index contributed by atoms with van der Waals surface area (Å²) in [5.41, 5.74) is 2.97. The number of nitrogens with zero attached hydrogens (tertiary/aromatic N) is 2. The molecule has 1 amide bonds. The van der Waals surface area contributed by atoms with Crippen LogP contribution >= 0.6 is 0 Å². The molecule has 2 aromatic carbocycles. The van der Waals surface area contributed by atoms with Gasteiger partial charge in [0.15, 0.2) is 11.5 Å². The summed E-state index contributed by atoms with van der Waals surface area (Å²) in [6.07, 6.45) is 0. The van der Waals surface area contributed by atoms with Gasteiger partial charge in [-0.1, -0.05) is 12.1 Å². The number of benzene rings is 2. The molecule has 1 atom stereocenters. The number of piperazine rings is 1. The van der Waals surface area contributed by atoms with Crippen molar-refractivity contribution < 1.29 is 19.0 Å². The van der Waals surface area contributed by atoms with Gasteiger partial charge >= 0.3 is 0 Å². The molecule has 0 saturated carbocycles. The summed E-state index contributed by atoms with van der Waals surface area (Å²) >= 11 is 0. The Bertz CT molecular complexity index is 827. The maximum atomic E-state index is 13.1. The van der Waals surface area contributed by atoms with Gasteiger partial charge in [-0.3, -0.25) is 4.79 Å². The Kier molecular flexibility index (Phi) is 5.97. The molecule has 1 aliphatic rings. The largest absolute Gasteiger partial charge is 0.493 e. The Morgan fingerprint density at radius 2 is 1.68 bits per heavy atom. The minimum Gasteiger partial charge on any atom is -0.493 e. The molecule has 1 saturated heterocycles. The normalized spacial score (nSPS) is 16.7. The van der Waals surface area contributed by atoms with Crippen LogP contribution in [0.2, 0.25) is 0 Å². The Morgan fingerprint density at radius 1 is 1.00 bits per heavy atom. The summed E-state index contributed by atoms with van der Waals surface area (Å²) < 4.78 is 16.1. The summed E-state index contributed by atoms with van der Waals surface area (Å²) in [7, 11) is 4.65. The van der Waals surface area contributed by atoms with Crippen LogP contribution < -0.4 is 19.1 Å². The van der Waals surface area contributed by atoms with Crippen LogP contribution in [-0.2, 0) is 0 Å². The molecular formula is C22H28N2O4. The second-order valence-electron chi connectivity index (χ2n) is 7.05. The maximum absolute atomic E-state index is 13.1. The number of amides is 1. The first-order valence-corrected chi connectivity index (χ1v) is 9.41. The molecule has 150 valence electrons. The van der Waals surface area contributed by atoms with Crippen LogP contribution in [-0.4, -0.2) is 57.8 Å². The topological polar surface area (TPSA) is 51.2 Å². The number of anilines is 1. The Balaban J connectivity index is 1.79. The quantitative estimate of drug-likeness (QED) is 0.791. The number of carbonyl (C=O) groups is 1. The molecule has 28 heavy (non-hydrogen) atoms. The predicted octanol–water partition coefficient (Wildman–Crippen LogP) is 3.37. The molecule has 0 N–H and O–H groups in total. The van der Waals surface area contributed by atoms with Gasteiger partial charge in [-0.2, -0.15) is 0 Å². The summed E-state index contributed by atoms with van der Waals surface area (Å²) in [4.78, 5) is 17.4. The molecule has 6 nitrogen and oxygen atoms in total. The number of hydrogen-bond acceptors (Lipinski definition) is 5. The Morgan fingerprint density at radius 3 is 2.21 bits per heavy atom. The second kappa shape index (κ2) is 8.42. The summed E-state index contributed by atoms with van der Waals surface area (Å²) in [6, 6.07) is 12.1. The van der Waals surface area contributed by atoms with Crippen molar-refractivity contribution in [1.82, 2.24) is 4.90 Å². The monoisotopic (exact) mass is 384 g/mol. The molecule has 0 aliphatic carbocycles. The van der Waals surface area contributed by atoms with Gasteiger partial charge in [-0.15, -0.1) is 0 Å². The lowest BCUT2D eigenvalue weighted by atomic mass is 10.1. The van der Waals surface area contributed by atoms with Crippen LogP contribution in [0.15, 0.2) is 36.4 Å². The van der Waals surface area contributed by atoms with E-state index in [0.717, 1.165) is 6.54 Å². The van der Waals surface area contributed by atoms with E-state index in [0.29, 0.717) is 35.9 Å². The van der Waals surface area contributed by atoms with E-state index in [1.165, 1.54) is 11.3 Å². The Labute approximate surface area is 166 Å². The SMILES string of the molecule is COc1cc(C(=O)N2CCN(c3cccc(C)c3)[C@H](C)C2)cc(OC)c1OC. The fourth-order valence-electron chi connectivity index (χ4n) is 3.72. The van der Waals surface area contributed by atoms with Crippen molar-refractivity contribution >= 4 is 11.6 Å². The minimum atomic E-state index is -0.0324. The van der Waals surface area contributed by atoms with E-state index in [1.807, 2.05) is 4.90 Å². The zero-order chi connectivity index (χ0) is 20.3. The first-order valence-electron chi connectivity index (χ1n) is 9.41. The number of methoxy groups -OCH3 is 3. The highest BCUT2D eigenvalue weighted by molar-refractivity contribution is 5.96. The van der Waals surface area contributed by atoms with E-state index in [4.69, 9.17) is 14.2 Å². The van der Waals surface area contributed by atoms with E-state index in [2.05, 4.69) is 43.0 Å². The van der Waals surface area contributed by atoms with Gasteiger partial charge in [0.2, 0.25) is 5.75 Å². The molecular weight excluding hydrogens is 356 g/mol. The highest BCUT2D eigenvalue weighted by Gasteiger charge is 2.28. The summed E-state index contributed by atoms with van der Waals surface area (Å²) in [5, 5.41) is 0. The smallest absolute Gasteiger partial charge is 0.254 e. The van der Waals surface area contributed by atoms with Crippen molar-refractivity contribution in [3.63, 3.8) is 0 Å². The molecule has 0 spiro atoms. The lowest BCUT2D eigenvalue weighted by molar-refractivity contribution is 0.0725. The van der Waals surface area contributed by atoms with Crippen molar-refractivity contribution in [3.05, 3.63) is 47.5 Å². The molecule has 3 rings (SSSR count). The van der Waals surface area contributed by atoms with Crippen molar-refractivity contribution in [2.75, 3.05) is 45.9 Å². The fraction of sp³-hybridized carbons (Fsp3) is 0.409. The van der Waals surface area contributed by atoms with Gasteiger partial charge in [0.25, 0.3) is 5.91 Å². The van der Waals surface area contributed by atoms with E-state index in [-0.39, 0.29) is 11.9 Å². The molecule has 0 bridgehead atoms. The van der Waals surface area contributed by atoms with Crippen LogP contribution in [0, 0.1) is 6.92 Å². The zero-order valence-electron chi connectivity index (χ0n) is 17.2. The molecule has 1 heterocycles. The summed E-state index contributed by atoms with van der Waals surface area (Å²) in [6.45, 7) is 6.35. The fourth-order valence-corrected chi connectivity index (χ4v) is 3.72. The molecule has 1 aliphatic heterocycles. The standard InChI is InChI=1S/C22H28N2O4/c1-15-7-6-8-18(11-15)24-10-9-23(14-16(24)2)22(25)17-12-19(26-3)21(28-5)20(13-17)27-4/h6-8,11-13,16H,9-10,14H2,1-5H3/t16-/m1/s1. The number of ether oxygens (including phenoxy) is 3. The highest BCUT2D eigenvalue weighted by atomic mass is 16.5. The van der Waals surface area contributed by atoms with Crippen LogP contribution in [0.4, 0.5) is 5.69 Å². The molecule has 0 unspecified atom stereocenters. The number of rotatable bonds is 5. The first kappa shape index (κ1) is 19.9. The average Bonchev–Trinajstić information content (AvgIpc) is 2.71. The van der Waals surface area contributed by atoms with E-state index < -0.39 is 0 Å². The highest BCUT2D eigenvalue weighted by Crippen LogP contribution is 2.38. The average molecular weight is 384 g/mol. The third kappa shape index (κ3) is 3.86. The van der Waals surface area contributed by atoms with Gasteiger partial charge < -0.3 is 24.0 Å². The Hall–Kier alpha value is -2.89. The van der Waals surface area contributed by atoms with Crippen LogP contribution in [0.5, 0.6) is 17.2 Å². The molecule has 6 heteroatoms. The number of hydrogen-bond donors (Lipinski definition) is 0. The van der Waals surface area contributed by atoms with Gasteiger partial charge in [0.1, 0.15) is 0 Å². The van der Waals surface area contributed by atoms with Crippen molar-refractivity contribution in [3.8, 4) is 17.2 Å². The van der Waals surface area contributed by atoms with Gasteiger partial charge in [0, 0.05) is 36.9 Å². The number of carbonyl (C=O) groups excluding carboxylic acids is 1. The molecule has 1 fully saturated rings. The lowest BCUT2D eigenvalue weighted by Crippen LogP contribution is -2.53. The van der Waals surface area contributed by atoms with Crippen molar-refractivity contribution in [2.24, 2.45) is 0 Å². The zero-order valence-corrected chi connectivity index (χ0v) is 17.2. The van der Waals surface area contributed by atoms with Crippen molar-refractivity contribution in [1.29, 1.82) is 0 Å². The lowest BCUT2D eigenvalue weighted by Gasteiger charge is -2.41. The van der Waals surface area contributed by atoms with Crippen LogP contribution in [0.3, 0.4) is 0 Å². The van der Waals surface area contributed by atoms with E-state index >= 15 is 0 Å².